The third-order valence-electron chi connectivity index (χ3n) is 4.15. The average Bonchev–Trinajstić information content (AvgIpc) is 3.08. The summed E-state index contributed by atoms with van der Waals surface area (Å²) in [5.74, 6) is 0. The van der Waals surface area contributed by atoms with E-state index in [4.69, 9.17) is 23.2 Å². The molecule has 1 fully saturated rings. The van der Waals surface area contributed by atoms with Crippen LogP contribution in [0, 0.1) is 0 Å². The fourth-order valence-electron chi connectivity index (χ4n) is 3.07. The van der Waals surface area contributed by atoms with Crippen LogP contribution >= 0.6 is 23.2 Å². The first kappa shape index (κ1) is 14.2. The molecular weight excluding hydrogens is 319 g/mol. The second-order valence-electron chi connectivity index (χ2n) is 5.66. The van der Waals surface area contributed by atoms with Gasteiger partial charge in [-0.2, -0.15) is 0 Å². The quantitative estimate of drug-likeness (QED) is 0.831. The van der Waals surface area contributed by atoms with Crippen LogP contribution in [0.25, 0.3) is 0 Å². The number of halogens is 2. The summed E-state index contributed by atoms with van der Waals surface area (Å²) >= 11 is 12.0. The van der Waals surface area contributed by atoms with Crippen LogP contribution in [0.5, 0.6) is 0 Å². The lowest BCUT2D eigenvalue weighted by Gasteiger charge is -2.22. The second-order valence-corrected chi connectivity index (χ2v) is 6.49. The van der Waals surface area contributed by atoms with Crippen LogP contribution in [0.1, 0.15) is 11.1 Å². The minimum atomic E-state index is -0.273. The first-order valence-electron chi connectivity index (χ1n) is 7.11. The van der Waals surface area contributed by atoms with Gasteiger partial charge < -0.3 is 0 Å². The van der Waals surface area contributed by atoms with Crippen molar-refractivity contribution in [1.29, 1.82) is 0 Å². The molecule has 1 aromatic carbocycles. The minimum Gasteiger partial charge on any atom is -0.299 e. The summed E-state index contributed by atoms with van der Waals surface area (Å²) in [5, 5.41) is 8.38. The Bertz CT molecular complexity index is 744. The van der Waals surface area contributed by atoms with Crippen molar-refractivity contribution in [1.82, 2.24) is 15.6 Å². The van der Waals surface area contributed by atoms with E-state index in [0.717, 1.165) is 34.8 Å². The highest BCUT2D eigenvalue weighted by atomic mass is 35.5. The van der Waals surface area contributed by atoms with Crippen LogP contribution in [0.3, 0.4) is 0 Å². The smallest absolute Gasteiger partial charge is 0.129 e. The Balaban J connectivity index is 1.55. The average molecular weight is 333 g/mol. The van der Waals surface area contributed by atoms with Crippen molar-refractivity contribution in [2.75, 3.05) is 6.54 Å². The van der Waals surface area contributed by atoms with Gasteiger partial charge in [0.05, 0.1) is 17.4 Å². The molecule has 4 nitrogen and oxygen atoms in total. The molecule has 2 aliphatic rings. The van der Waals surface area contributed by atoms with Crippen molar-refractivity contribution in [3.8, 4) is 0 Å². The van der Waals surface area contributed by atoms with Crippen LogP contribution in [-0.4, -0.2) is 23.9 Å². The fraction of sp³-hybridized carbons (Fsp3) is 0.250. The number of nitrogens with zero attached hydrogens (tertiary/aromatic N) is 2. The molecular formula is C16H14Cl2N4. The van der Waals surface area contributed by atoms with E-state index >= 15 is 0 Å². The predicted octanol–water partition coefficient (Wildman–Crippen LogP) is 3.06. The predicted molar refractivity (Wildman–Crippen MR) is 89.2 cm³/mol. The van der Waals surface area contributed by atoms with Crippen molar-refractivity contribution in [3.63, 3.8) is 0 Å². The maximum Gasteiger partial charge on any atom is 0.129 e. The summed E-state index contributed by atoms with van der Waals surface area (Å²) in [6, 6.07) is 9.63. The van der Waals surface area contributed by atoms with Gasteiger partial charge in [-0.1, -0.05) is 29.3 Å². The van der Waals surface area contributed by atoms with Gasteiger partial charge in [-0.15, -0.1) is 0 Å². The van der Waals surface area contributed by atoms with Crippen LogP contribution < -0.4 is 10.6 Å². The molecule has 4 rings (SSSR count). The van der Waals surface area contributed by atoms with Crippen molar-refractivity contribution < 1.29 is 0 Å². The Morgan fingerprint density at radius 3 is 2.95 bits per heavy atom. The first-order chi connectivity index (χ1) is 10.6. The van der Waals surface area contributed by atoms with E-state index in [9.17, 15) is 0 Å². The molecule has 1 spiro atoms. The number of pyridine rings is 1. The lowest BCUT2D eigenvalue weighted by molar-refractivity contribution is 0.494. The lowest BCUT2D eigenvalue weighted by Crippen LogP contribution is -2.43. The monoisotopic (exact) mass is 332 g/mol. The molecule has 0 aliphatic carbocycles. The normalized spacial score (nSPS) is 25.8. The topological polar surface area (TPSA) is 49.3 Å². The molecule has 1 aromatic heterocycles. The second kappa shape index (κ2) is 5.32. The number of rotatable bonds is 2. The number of hydrogen-bond donors (Lipinski definition) is 2. The molecule has 6 heteroatoms. The standard InChI is InChI=1S/C16H14Cl2N4/c17-11-2-3-13-12(6-11)16(8-20-13)9-21-15(22-16)5-10-1-4-14(18)19-7-10/h1-4,6-8,15,21-22H,5,9H2/t15-,16?/m1/s1. The highest BCUT2D eigenvalue weighted by Gasteiger charge is 2.42. The summed E-state index contributed by atoms with van der Waals surface area (Å²) in [6.07, 6.45) is 4.76. The van der Waals surface area contributed by atoms with Gasteiger partial charge in [0.15, 0.2) is 0 Å². The zero-order valence-corrected chi connectivity index (χ0v) is 13.2. The van der Waals surface area contributed by atoms with Crippen LogP contribution in [-0.2, 0) is 12.0 Å². The van der Waals surface area contributed by atoms with E-state index in [-0.39, 0.29) is 11.7 Å². The number of hydrogen-bond acceptors (Lipinski definition) is 4. The summed E-state index contributed by atoms with van der Waals surface area (Å²) in [4.78, 5) is 8.64. The molecule has 2 aliphatic heterocycles. The van der Waals surface area contributed by atoms with Crippen molar-refractivity contribution in [2.45, 2.75) is 18.1 Å². The third kappa shape index (κ3) is 2.42. The van der Waals surface area contributed by atoms with E-state index in [1.807, 2.05) is 42.7 Å². The Kier molecular flexibility index (Phi) is 3.42. The van der Waals surface area contributed by atoms with Gasteiger partial charge in [0.25, 0.3) is 0 Å². The van der Waals surface area contributed by atoms with Crippen LogP contribution in [0.2, 0.25) is 10.2 Å². The van der Waals surface area contributed by atoms with Crippen molar-refractivity contribution in [2.24, 2.45) is 4.99 Å². The van der Waals surface area contributed by atoms with Gasteiger partial charge in [-0.05, 0) is 29.8 Å². The molecule has 0 saturated carbocycles. The molecule has 22 heavy (non-hydrogen) atoms. The maximum atomic E-state index is 6.14. The summed E-state index contributed by atoms with van der Waals surface area (Å²) in [6.45, 7) is 0.787. The van der Waals surface area contributed by atoms with Crippen molar-refractivity contribution >= 4 is 35.1 Å². The lowest BCUT2D eigenvalue weighted by atomic mass is 9.93. The van der Waals surface area contributed by atoms with Crippen LogP contribution in [0.4, 0.5) is 5.69 Å². The number of nitrogens with one attached hydrogen (secondary N) is 2. The van der Waals surface area contributed by atoms with Gasteiger partial charge >= 0.3 is 0 Å². The zero-order chi connectivity index (χ0) is 15.2. The molecule has 2 aromatic rings. The Morgan fingerprint density at radius 2 is 2.14 bits per heavy atom. The fourth-order valence-corrected chi connectivity index (χ4v) is 3.35. The van der Waals surface area contributed by atoms with Crippen molar-refractivity contribution in [3.05, 3.63) is 57.8 Å². The highest BCUT2D eigenvalue weighted by Crippen LogP contribution is 2.38. The molecule has 2 atom stereocenters. The summed E-state index contributed by atoms with van der Waals surface area (Å²) < 4.78 is 0. The molecule has 112 valence electrons. The summed E-state index contributed by atoms with van der Waals surface area (Å²) in [7, 11) is 0. The number of benzene rings is 1. The number of fused-ring (bicyclic) bond motifs is 2. The van der Waals surface area contributed by atoms with E-state index in [1.165, 1.54) is 0 Å². The molecule has 0 amide bonds. The Morgan fingerprint density at radius 1 is 1.23 bits per heavy atom. The molecule has 1 saturated heterocycles. The van der Waals surface area contributed by atoms with Gasteiger partial charge in [0.1, 0.15) is 5.15 Å². The minimum absolute atomic E-state index is 0.152. The third-order valence-corrected chi connectivity index (χ3v) is 4.61. The molecule has 2 N–H and O–H groups in total. The zero-order valence-electron chi connectivity index (χ0n) is 11.7. The van der Waals surface area contributed by atoms with E-state index in [1.54, 1.807) is 0 Å². The van der Waals surface area contributed by atoms with Gasteiger partial charge in [0, 0.05) is 36.0 Å². The van der Waals surface area contributed by atoms with E-state index < -0.39 is 0 Å². The molecule has 3 heterocycles. The van der Waals surface area contributed by atoms with E-state index in [0.29, 0.717) is 5.15 Å². The van der Waals surface area contributed by atoms with Gasteiger partial charge in [-0.25, -0.2) is 4.98 Å². The SMILES string of the molecule is Clc1ccc2c(c1)C1(C=N2)CN[C@@H](Cc2ccc(Cl)nc2)N1. The largest absolute Gasteiger partial charge is 0.299 e. The number of aliphatic imine (C=N–C) groups is 1. The molecule has 0 radical (unpaired) electrons. The van der Waals surface area contributed by atoms with Crippen LogP contribution in [0.15, 0.2) is 41.5 Å². The Hall–Kier alpha value is -1.46. The molecule has 1 unspecified atom stereocenters. The first-order valence-corrected chi connectivity index (χ1v) is 7.87. The van der Waals surface area contributed by atoms with Gasteiger partial charge in [0.2, 0.25) is 0 Å². The Labute approximate surface area is 138 Å². The maximum absolute atomic E-state index is 6.14. The summed E-state index contributed by atoms with van der Waals surface area (Å²) in [5.41, 5.74) is 2.97. The number of aromatic nitrogens is 1. The van der Waals surface area contributed by atoms with Gasteiger partial charge in [-0.3, -0.25) is 15.6 Å². The molecule has 0 bridgehead atoms. The highest BCUT2D eigenvalue weighted by molar-refractivity contribution is 6.30. The van der Waals surface area contributed by atoms with E-state index in [2.05, 4.69) is 20.6 Å².